The second-order valence-electron chi connectivity index (χ2n) is 5.11. The number of nitrogens with one attached hydrogen (secondary N) is 2. The smallest absolute Gasteiger partial charge is 0.174 e. The van der Waals surface area contributed by atoms with Crippen LogP contribution in [0.5, 0.6) is 5.06 Å². The van der Waals surface area contributed by atoms with Gasteiger partial charge in [-0.1, -0.05) is 30.3 Å². The van der Waals surface area contributed by atoms with Crippen LogP contribution in [0.1, 0.15) is 16.8 Å². The summed E-state index contributed by atoms with van der Waals surface area (Å²) >= 11 is 8.50. The van der Waals surface area contributed by atoms with Crippen molar-refractivity contribution < 1.29 is 4.74 Å². The Labute approximate surface area is 149 Å². The van der Waals surface area contributed by atoms with Crippen LogP contribution < -0.4 is 4.74 Å². The molecule has 23 heavy (non-hydrogen) atoms. The number of hydrogen-bond acceptors (Lipinski definition) is 4. The van der Waals surface area contributed by atoms with Crippen molar-refractivity contribution in [1.29, 1.82) is 0 Å². The summed E-state index contributed by atoms with van der Waals surface area (Å²) < 4.78 is 6.51. The van der Waals surface area contributed by atoms with Gasteiger partial charge in [-0.2, -0.15) is 11.8 Å². The first-order chi connectivity index (χ1) is 11.3. The highest BCUT2D eigenvalue weighted by Crippen LogP contribution is 2.25. The van der Waals surface area contributed by atoms with E-state index < -0.39 is 0 Å². The minimum Gasteiger partial charge on any atom is -0.483 e. The molecule has 0 saturated carbocycles. The average Bonchev–Trinajstić information content (AvgIpc) is 3.17. The Morgan fingerprint density at radius 1 is 1.17 bits per heavy atom. The van der Waals surface area contributed by atoms with Gasteiger partial charge >= 0.3 is 0 Å². The largest absolute Gasteiger partial charge is 0.483 e. The average molecular weight is 363 g/mol. The van der Waals surface area contributed by atoms with E-state index >= 15 is 0 Å². The number of hydrogen-bond donors (Lipinski definition) is 2. The summed E-state index contributed by atoms with van der Waals surface area (Å²) in [5.74, 6) is 1.87. The van der Waals surface area contributed by atoms with Crippen LogP contribution in [-0.2, 0) is 12.2 Å². The topological polar surface area (TPSA) is 40.8 Å². The molecule has 0 fully saturated rings. The van der Waals surface area contributed by atoms with Crippen molar-refractivity contribution in [2.75, 3.05) is 12.4 Å². The third-order valence-corrected chi connectivity index (χ3v) is 5.34. The van der Waals surface area contributed by atoms with Crippen molar-refractivity contribution in [2.45, 2.75) is 12.2 Å². The molecule has 2 heterocycles. The molecule has 0 bridgehead atoms. The van der Waals surface area contributed by atoms with Gasteiger partial charge in [0.2, 0.25) is 0 Å². The van der Waals surface area contributed by atoms with Gasteiger partial charge in [0.25, 0.3) is 0 Å². The van der Waals surface area contributed by atoms with Gasteiger partial charge in [0, 0.05) is 23.4 Å². The lowest BCUT2D eigenvalue weighted by molar-refractivity contribution is 0.354. The zero-order chi connectivity index (χ0) is 15.9. The highest BCUT2D eigenvalue weighted by molar-refractivity contribution is 7.98. The van der Waals surface area contributed by atoms with Crippen LogP contribution in [0.15, 0.2) is 48.0 Å². The molecule has 2 N–H and O–H groups in total. The lowest BCUT2D eigenvalue weighted by Gasteiger charge is -2.02. The predicted molar refractivity (Wildman–Crippen MR) is 101 cm³/mol. The molecule has 3 aromatic rings. The van der Waals surface area contributed by atoms with E-state index in [0.29, 0.717) is 4.77 Å². The van der Waals surface area contributed by atoms with Crippen molar-refractivity contribution in [3.05, 3.63) is 69.6 Å². The Bertz CT molecular complexity index is 776. The number of H-pyrrole nitrogens is 2. The summed E-state index contributed by atoms with van der Waals surface area (Å²) in [6.45, 7) is 0.723. The van der Waals surface area contributed by atoms with Gasteiger partial charge in [0.05, 0.1) is 6.61 Å². The molecule has 120 valence electrons. The van der Waals surface area contributed by atoms with Crippen molar-refractivity contribution in [1.82, 2.24) is 9.97 Å². The standard InChI is InChI=1S/C17H18N2OS3/c21-17-18-10-15(19-17)12-22-7-6-20-16-9-14(11-23-16)8-13-4-2-1-3-5-13/h1-5,9-11H,6-8,12H2,(H2,18,19,21). The first-order valence-corrected chi connectivity index (χ1v) is 9.82. The summed E-state index contributed by atoms with van der Waals surface area (Å²) in [6, 6.07) is 12.7. The van der Waals surface area contributed by atoms with Gasteiger partial charge in [0.15, 0.2) is 9.83 Å². The number of imidazole rings is 1. The molecule has 0 spiro atoms. The van der Waals surface area contributed by atoms with E-state index in [2.05, 4.69) is 45.7 Å². The summed E-state index contributed by atoms with van der Waals surface area (Å²) in [6.07, 6.45) is 2.88. The fourth-order valence-corrected chi connectivity index (χ4v) is 3.89. The molecule has 0 unspecified atom stereocenters. The van der Waals surface area contributed by atoms with Gasteiger partial charge in [-0.15, -0.1) is 11.3 Å². The quantitative estimate of drug-likeness (QED) is 0.436. The molecule has 0 aliphatic rings. The molecule has 6 heteroatoms. The van der Waals surface area contributed by atoms with Gasteiger partial charge in [-0.05, 0) is 41.2 Å². The van der Waals surface area contributed by atoms with Gasteiger partial charge < -0.3 is 14.7 Å². The second-order valence-corrected chi connectivity index (χ2v) is 7.49. The zero-order valence-electron chi connectivity index (χ0n) is 12.6. The third-order valence-electron chi connectivity index (χ3n) is 3.26. The Morgan fingerprint density at radius 2 is 2.04 bits per heavy atom. The maximum Gasteiger partial charge on any atom is 0.174 e. The SMILES string of the molecule is S=c1[nH]cc(CSCCOc2cc(Cc3ccccc3)cs2)[nH]1. The lowest BCUT2D eigenvalue weighted by atomic mass is 10.1. The fraction of sp³-hybridized carbons (Fsp3) is 0.235. The van der Waals surface area contributed by atoms with Crippen LogP contribution in [0, 0.1) is 4.77 Å². The van der Waals surface area contributed by atoms with E-state index in [1.807, 2.05) is 24.0 Å². The maximum absolute atomic E-state index is 5.83. The summed E-state index contributed by atoms with van der Waals surface area (Å²) in [4.78, 5) is 6.09. The van der Waals surface area contributed by atoms with E-state index in [9.17, 15) is 0 Å². The van der Waals surface area contributed by atoms with Crippen LogP contribution in [-0.4, -0.2) is 22.3 Å². The third kappa shape index (κ3) is 5.27. The Morgan fingerprint density at radius 3 is 2.83 bits per heavy atom. The van der Waals surface area contributed by atoms with Gasteiger partial charge in [-0.3, -0.25) is 0 Å². The highest BCUT2D eigenvalue weighted by atomic mass is 32.2. The molecule has 0 atom stereocenters. The van der Waals surface area contributed by atoms with Gasteiger partial charge in [-0.25, -0.2) is 0 Å². The van der Waals surface area contributed by atoms with E-state index in [-0.39, 0.29) is 0 Å². The van der Waals surface area contributed by atoms with E-state index in [1.54, 1.807) is 11.3 Å². The minimum absolute atomic E-state index is 0.682. The summed E-state index contributed by atoms with van der Waals surface area (Å²) in [5, 5.41) is 3.17. The molecule has 2 aromatic heterocycles. The summed E-state index contributed by atoms with van der Waals surface area (Å²) in [7, 11) is 0. The Kier molecular flexibility index (Phi) is 5.96. The number of rotatable bonds is 8. The van der Waals surface area contributed by atoms with Crippen molar-refractivity contribution in [3.63, 3.8) is 0 Å². The van der Waals surface area contributed by atoms with E-state index in [1.165, 1.54) is 11.1 Å². The monoisotopic (exact) mass is 362 g/mol. The van der Waals surface area contributed by atoms with Crippen molar-refractivity contribution in [2.24, 2.45) is 0 Å². The van der Waals surface area contributed by atoms with E-state index in [0.717, 1.165) is 35.3 Å². The van der Waals surface area contributed by atoms with Crippen LogP contribution in [0.4, 0.5) is 0 Å². The molecule has 0 aliphatic carbocycles. The van der Waals surface area contributed by atoms with Crippen LogP contribution in [0.2, 0.25) is 0 Å². The molecule has 1 aromatic carbocycles. The minimum atomic E-state index is 0.682. The highest BCUT2D eigenvalue weighted by Gasteiger charge is 2.02. The molecule has 0 radical (unpaired) electrons. The molecule has 0 saturated heterocycles. The number of thioether (sulfide) groups is 1. The Hall–Kier alpha value is -1.50. The van der Waals surface area contributed by atoms with Crippen LogP contribution in [0.25, 0.3) is 0 Å². The Balaban J connectivity index is 1.38. The zero-order valence-corrected chi connectivity index (χ0v) is 15.0. The normalized spacial score (nSPS) is 10.8. The number of thiophene rings is 1. The maximum atomic E-state index is 5.83. The lowest BCUT2D eigenvalue weighted by Crippen LogP contribution is -1.99. The molecular weight excluding hydrogens is 344 g/mol. The van der Waals surface area contributed by atoms with Crippen molar-refractivity contribution >= 4 is 35.3 Å². The predicted octanol–water partition coefficient (Wildman–Crippen LogP) is 5.04. The van der Waals surface area contributed by atoms with Crippen LogP contribution in [0.3, 0.4) is 0 Å². The number of ether oxygens (including phenoxy) is 1. The fourth-order valence-electron chi connectivity index (χ4n) is 2.18. The second kappa shape index (κ2) is 8.38. The number of aromatic nitrogens is 2. The van der Waals surface area contributed by atoms with Crippen molar-refractivity contribution in [3.8, 4) is 5.06 Å². The molecular formula is C17H18N2OS3. The molecule has 3 rings (SSSR count). The summed E-state index contributed by atoms with van der Waals surface area (Å²) in [5.41, 5.74) is 3.77. The number of aromatic amines is 2. The first-order valence-electron chi connectivity index (χ1n) is 7.38. The molecule has 0 amide bonds. The molecule has 0 aliphatic heterocycles. The van der Waals surface area contributed by atoms with Crippen LogP contribution >= 0.6 is 35.3 Å². The first kappa shape index (κ1) is 16.4. The molecule has 3 nitrogen and oxygen atoms in total. The number of benzene rings is 1. The van der Waals surface area contributed by atoms with Gasteiger partial charge in [0.1, 0.15) is 0 Å². The van der Waals surface area contributed by atoms with E-state index in [4.69, 9.17) is 17.0 Å².